The number of thiophene rings is 1. The third kappa shape index (κ3) is 3.18. The number of carbonyl (C=O) groups is 1. The molecule has 0 saturated heterocycles. The highest BCUT2D eigenvalue weighted by Gasteiger charge is 2.27. The van der Waals surface area contributed by atoms with Gasteiger partial charge in [-0.3, -0.25) is 10.1 Å². The molecule has 4 rings (SSSR count). The van der Waals surface area contributed by atoms with Crippen LogP contribution in [-0.4, -0.2) is 22.2 Å². The van der Waals surface area contributed by atoms with E-state index in [1.807, 2.05) is 17.5 Å². The summed E-state index contributed by atoms with van der Waals surface area (Å²) in [5, 5.41) is 12.8. The van der Waals surface area contributed by atoms with Gasteiger partial charge in [0.2, 0.25) is 0 Å². The first kappa shape index (κ1) is 16.3. The Kier molecular flexibility index (Phi) is 4.29. The van der Waals surface area contributed by atoms with Crippen LogP contribution in [-0.2, 0) is 6.54 Å². The molecule has 3 aromatic rings. The van der Waals surface area contributed by atoms with E-state index in [1.54, 1.807) is 34.2 Å². The van der Waals surface area contributed by atoms with Gasteiger partial charge in [-0.2, -0.15) is 5.10 Å². The van der Waals surface area contributed by atoms with Crippen LogP contribution in [0.1, 0.15) is 22.2 Å². The van der Waals surface area contributed by atoms with Crippen LogP contribution in [0.5, 0.6) is 0 Å². The first-order valence-corrected chi connectivity index (χ1v) is 8.96. The van der Waals surface area contributed by atoms with E-state index in [2.05, 4.69) is 15.7 Å². The Morgan fingerprint density at radius 3 is 3.04 bits per heavy atom. The van der Waals surface area contributed by atoms with E-state index in [4.69, 9.17) is 11.6 Å². The van der Waals surface area contributed by atoms with Crippen molar-refractivity contribution >= 4 is 28.8 Å². The van der Waals surface area contributed by atoms with Crippen molar-refractivity contribution in [3.05, 3.63) is 63.9 Å². The summed E-state index contributed by atoms with van der Waals surface area (Å²) in [5.41, 5.74) is 2.15. The summed E-state index contributed by atoms with van der Waals surface area (Å²) in [6.07, 6.45) is -0.190. The number of halogens is 2. The van der Waals surface area contributed by atoms with E-state index in [-0.39, 0.29) is 17.1 Å². The number of hydrogen-bond donors (Lipinski definition) is 2. The highest BCUT2D eigenvalue weighted by molar-refractivity contribution is 7.13. The van der Waals surface area contributed by atoms with Gasteiger partial charge in [0, 0.05) is 6.54 Å². The van der Waals surface area contributed by atoms with E-state index in [0.717, 1.165) is 16.1 Å². The zero-order valence-electron chi connectivity index (χ0n) is 13.0. The summed E-state index contributed by atoms with van der Waals surface area (Å²) >= 11 is 7.40. The predicted molar refractivity (Wildman–Crippen MR) is 95.2 cm³/mol. The Bertz CT molecular complexity index is 925. The number of nitrogens with one attached hydrogen (secondary N) is 2. The first-order valence-electron chi connectivity index (χ1n) is 7.71. The molecule has 0 spiro atoms. The molecule has 0 bridgehead atoms. The molecule has 2 aromatic heterocycles. The molecule has 3 heterocycles. The Morgan fingerprint density at radius 2 is 2.28 bits per heavy atom. The monoisotopic (exact) mass is 376 g/mol. The average Bonchev–Trinajstić information content (AvgIpc) is 3.26. The SMILES string of the molecule is O=C1NC[C@H](NCc2ccc(F)c(Cl)c2)n2nc(-c3cccs3)cc21. The molecule has 0 fully saturated rings. The minimum absolute atomic E-state index is 0.0935. The highest BCUT2D eigenvalue weighted by Crippen LogP contribution is 2.26. The van der Waals surface area contributed by atoms with E-state index in [1.165, 1.54) is 6.07 Å². The molecule has 1 atom stereocenters. The third-order valence-electron chi connectivity index (χ3n) is 4.02. The number of carbonyl (C=O) groups excluding carboxylic acids is 1. The summed E-state index contributed by atoms with van der Waals surface area (Å²) in [7, 11) is 0. The van der Waals surface area contributed by atoms with Crippen molar-refractivity contribution in [1.82, 2.24) is 20.4 Å². The molecule has 1 aliphatic rings. The zero-order chi connectivity index (χ0) is 17.4. The normalized spacial score (nSPS) is 16.6. The maximum absolute atomic E-state index is 13.3. The van der Waals surface area contributed by atoms with E-state index in [9.17, 15) is 9.18 Å². The lowest BCUT2D eigenvalue weighted by atomic mass is 10.2. The second-order valence-corrected chi connectivity index (χ2v) is 7.05. The predicted octanol–water partition coefficient (Wildman–Crippen LogP) is 3.44. The first-order chi connectivity index (χ1) is 12.1. The lowest BCUT2D eigenvalue weighted by Crippen LogP contribution is -2.45. The van der Waals surface area contributed by atoms with Crippen LogP contribution in [0.3, 0.4) is 0 Å². The van der Waals surface area contributed by atoms with Crippen molar-refractivity contribution in [2.45, 2.75) is 12.7 Å². The van der Waals surface area contributed by atoms with Crippen molar-refractivity contribution in [2.24, 2.45) is 0 Å². The quantitative estimate of drug-likeness (QED) is 0.733. The van der Waals surface area contributed by atoms with E-state index < -0.39 is 5.82 Å². The molecule has 0 aliphatic carbocycles. The van der Waals surface area contributed by atoms with Gasteiger partial charge in [0.25, 0.3) is 5.91 Å². The average molecular weight is 377 g/mol. The fourth-order valence-electron chi connectivity index (χ4n) is 2.76. The van der Waals surface area contributed by atoms with Gasteiger partial charge in [-0.1, -0.05) is 23.7 Å². The standard InChI is InChI=1S/C17H14ClFN4OS/c18-11-6-10(3-4-12(11)19)8-20-16-9-21-17(24)14-7-13(22-23(14)16)15-2-1-5-25-15/h1-7,16,20H,8-9H2,(H,21,24)/t16-/m1/s1. The summed E-state index contributed by atoms with van der Waals surface area (Å²) in [6, 6.07) is 10.3. The van der Waals surface area contributed by atoms with Crippen molar-refractivity contribution in [3.63, 3.8) is 0 Å². The Morgan fingerprint density at radius 1 is 1.40 bits per heavy atom. The maximum Gasteiger partial charge on any atom is 0.269 e. The molecule has 1 aromatic carbocycles. The van der Waals surface area contributed by atoms with Crippen LogP contribution < -0.4 is 10.6 Å². The van der Waals surface area contributed by atoms with Crippen LogP contribution in [0.2, 0.25) is 5.02 Å². The van der Waals surface area contributed by atoms with Gasteiger partial charge < -0.3 is 5.32 Å². The largest absolute Gasteiger partial charge is 0.347 e. The summed E-state index contributed by atoms with van der Waals surface area (Å²) < 4.78 is 15.0. The van der Waals surface area contributed by atoms with Crippen LogP contribution in [0.25, 0.3) is 10.6 Å². The molecule has 25 heavy (non-hydrogen) atoms. The Balaban J connectivity index is 1.57. The minimum atomic E-state index is -0.440. The molecule has 1 aliphatic heterocycles. The molecule has 2 N–H and O–H groups in total. The molecule has 128 valence electrons. The number of hydrogen-bond acceptors (Lipinski definition) is 4. The molecule has 8 heteroatoms. The van der Waals surface area contributed by atoms with Gasteiger partial charge in [-0.25, -0.2) is 9.07 Å². The summed E-state index contributed by atoms with van der Waals surface area (Å²) in [6.45, 7) is 0.903. The fourth-order valence-corrected chi connectivity index (χ4v) is 3.64. The second kappa shape index (κ2) is 6.59. The van der Waals surface area contributed by atoms with E-state index in [0.29, 0.717) is 18.8 Å². The van der Waals surface area contributed by atoms with Gasteiger partial charge in [0.15, 0.2) is 0 Å². The van der Waals surface area contributed by atoms with Crippen LogP contribution in [0, 0.1) is 5.82 Å². The lowest BCUT2D eigenvalue weighted by Gasteiger charge is -2.25. The molecular weight excluding hydrogens is 363 g/mol. The zero-order valence-corrected chi connectivity index (χ0v) is 14.6. The van der Waals surface area contributed by atoms with Crippen molar-refractivity contribution in [3.8, 4) is 10.6 Å². The molecule has 0 saturated carbocycles. The van der Waals surface area contributed by atoms with Crippen molar-refractivity contribution in [1.29, 1.82) is 0 Å². The van der Waals surface area contributed by atoms with Gasteiger partial charge >= 0.3 is 0 Å². The summed E-state index contributed by atoms with van der Waals surface area (Å²) in [4.78, 5) is 13.1. The third-order valence-corrected chi connectivity index (χ3v) is 5.20. The fraction of sp³-hybridized carbons (Fsp3) is 0.176. The molecule has 0 unspecified atom stereocenters. The number of nitrogens with zero attached hydrogens (tertiary/aromatic N) is 2. The Hall–Kier alpha value is -2.22. The van der Waals surface area contributed by atoms with Crippen LogP contribution >= 0.6 is 22.9 Å². The summed E-state index contributed by atoms with van der Waals surface area (Å²) in [5.74, 6) is -0.580. The molecule has 0 radical (unpaired) electrons. The van der Waals surface area contributed by atoms with Gasteiger partial charge in [0.05, 0.1) is 16.4 Å². The molecule has 1 amide bonds. The smallest absolute Gasteiger partial charge is 0.269 e. The topological polar surface area (TPSA) is 59.0 Å². The second-order valence-electron chi connectivity index (χ2n) is 5.69. The van der Waals surface area contributed by atoms with Crippen LogP contribution in [0.4, 0.5) is 4.39 Å². The lowest BCUT2D eigenvalue weighted by molar-refractivity contribution is 0.0900. The van der Waals surface area contributed by atoms with Gasteiger partial charge in [-0.15, -0.1) is 11.3 Å². The Labute approximate surface area is 152 Å². The number of benzene rings is 1. The van der Waals surface area contributed by atoms with Crippen molar-refractivity contribution < 1.29 is 9.18 Å². The number of amides is 1. The van der Waals surface area contributed by atoms with Crippen LogP contribution in [0.15, 0.2) is 41.8 Å². The maximum atomic E-state index is 13.3. The van der Waals surface area contributed by atoms with E-state index >= 15 is 0 Å². The number of rotatable bonds is 4. The molecular formula is C17H14ClFN4OS. The number of aromatic nitrogens is 2. The molecule has 5 nitrogen and oxygen atoms in total. The minimum Gasteiger partial charge on any atom is -0.347 e. The van der Waals surface area contributed by atoms with Gasteiger partial charge in [-0.05, 0) is 35.2 Å². The highest BCUT2D eigenvalue weighted by atomic mass is 35.5. The van der Waals surface area contributed by atoms with Gasteiger partial charge in [0.1, 0.15) is 23.4 Å². The number of fused-ring (bicyclic) bond motifs is 1. The van der Waals surface area contributed by atoms with Crippen molar-refractivity contribution in [2.75, 3.05) is 6.54 Å².